The molecule has 0 aliphatic heterocycles. The molecule has 0 bridgehead atoms. The van der Waals surface area contributed by atoms with Crippen molar-refractivity contribution in [2.24, 2.45) is 5.41 Å². The van der Waals surface area contributed by atoms with Gasteiger partial charge in [0.2, 0.25) is 11.7 Å². The van der Waals surface area contributed by atoms with Gasteiger partial charge < -0.3 is 14.4 Å². The van der Waals surface area contributed by atoms with E-state index in [4.69, 9.17) is 9.26 Å². The molecule has 2 unspecified atom stereocenters. The summed E-state index contributed by atoms with van der Waals surface area (Å²) in [6.45, 7) is 11.7. The minimum Gasteiger partial charge on any atom is -0.394 e. The van der Waals surface area contributed by atoms with E-state index in [0.717, 1.165) is 12.0 Å². The van der Waals surface area contributed by atoms with Gasteiger partial charge in [0.05, 0.1) is 24.8 Å². The smallest absolute Gasteiger partial charge is 0.240 e. The third-order valence-electron chi connectivity index (χ3n) is 6.09. The summed E-state index contributed by atoms with van der Waals surface area (Å²) < 4.78 is 11.2. The van der Waals surface area contributed by atoms with Crippen molar-refractivity contribution in [1.82, 2.24) is 15.5 Å². The summed E-state index contributed by atoms with van der Waals surface area (Å²) in [7, 11) is 0. The number of aliphatic hydroxyl groups is 1. The van der Waals surface area contributed by atoms with Gasteiger partial charge in [-0.3, -0.25) is 5.32 Å². The molecule has 1 aromatic carbocycles. The fourth-order valence-corrected chi connectivity index (χ4v) is 3.81. The third kappa shape index (κ3) is 3.66. The fraction of sp³-hybridized carbons (Fsp3) is 0.619. The van der Waals surface area contributed by atoms with Crippen molar-refractivity contribution in [3.63, 3.8) is 0 Å². The molecule has 1 aromatic heterocycles. The van der Waals surface area contributed by atoms with Crippen molar-refractivity contribution in [2.75, 3.05) is 13.2 Å². The molecular weight excluding hydrogens is 342 g/mol. The van der Waals surface area contributed by atoms with Gasteiger partial charge in [-0.25, -0.2) is 0 Å². The first-order valence-electron chi connectivity index (χ1n) is 9.73. The number of benzene rings is 1. The molecule has 0 radical (unpaired) electrons. The van der Waals surface area contributed by atoms with Crippen LogP contribution in [0.2, 0.25) is 0 Å². The maximum atomic E-state index is 10.0. The Kier molecular flexibility index (Phi) is 5.70. The molecule has 1 aliphatic rings. The van der Waals surface area contributed by atoms with Gasteiger partial charge >= 0.3 is 0 Å². The summed E-state index contributed by atoms with van der Waals surface area (Å²) in [5.74, 6) is 1.59. The topological polar surface area (TPSA) is 80.4 Å². The van der Waals surface area contributed by atoms with E-state index in [9.17, 15) is 5.11 Å². The molecule has 27 heavy (non-hydrogen) atoms. The van der Waals surface area contributed by atoms with Crippen LogP contribution in [0.3, 0.4) is 0 Å². The van der Waals surface area contributed by atoms with Crippen molar-refractivity contribution in [2.45, 2.75) is 65.1 Å². The lowest BCUT2D eigenvalue weighted by Gasteiger charge is -2.60. The van der Waals surface area contributed by atoms with E-state index in [2.05, 4.69) is 55.3 Å². The largest absolute Gasteiger partial charge is 0.394 e. The maximum Gasteiger partial charge on any atom is 0.240 e. The quantitative estimate of drug-likeness (QED) is 0.737. The summed E-state index contributed by atoms with van der Waals surface area (Å²) in [6.07, 6.45) is 0.905. The van der Waals surface area contributed by atoms with E-state index in [1.807, 2.05) is 19.1 Å². The zero-order chi connectivity index (χ0) is 19.7. The molecule has 1 fully saturated rings. The summed E-state index contributed by atoms with van der Waals surface area (Å²) in [6, 6.07) is 8.24. The van der Waals surface area contributed by atoms with Crippen LogP contribution in [-0.2, 0) is 11.3 Å². The highest BCUT2D eigenvalue weighted by Crippen LogP contribution is 2.51. The Hall–Kier alpha value is -1.76. The Morgan fingerprint density at radius 1 is 1.30 bits per heavy atom. The molecule has 1 saturated carbocycles. The SMILES string of the molecule is CCOC1CC(CO)(NCc2nc(-c3ccc(C(C)C)cc3)no2)C1(C)C. The molecule has 148 valence electrons. The fourth-order valence-electron chi connectivity index (χ4n) is 3.81. The van der Waals surface area contributed by atoms with Gasteiger partial charge in [-0.05, 0) is 24.8 Å². The van der Waals surface area contributed by atoms with Gasteiger partial charge in [-0.1, -0.05) is 57.1 Å². The van der Waals surface area contributed by atoms with Crippen LogP contribution in [0, 0.1) is 5.41 Å². The van der Waals surface area contributed by atoms with Crippen molar-refractivity contribution in [3.05, 3.63) is 35.7 Å². The first kappa shape index (κ1) is 20.0. The third-order valence-corrected chi connectivity index (χ3v) is 6.09. The van der Waals surface area contributed by atoms with Crippen LogP contribution in [0.25, 0.3) is 11.4 Å². The first-order chi connectivity index (χ1) is 12.8. The molecule has 2 N–H and O–H groups in total. The number of nitrogens with one attached hydrogen (secondary N) is 1. The second kappa shape index (κ2) is 7.70. The lowest BCUT2D eigenvalue weighted by molar-refractivity contribution is -0.178. The Labute approximate surface area is 161 Å². The Morgan fingerprint density at radius 2 is 2.00 bits per heavy atom. The number of aliphatic hydroxyl groups excluding tert-OH is 1. The lowest BCUT2D eigenvalue weighted by atomic mass is 9.54. The van der Waals surface area contributed by atoms with Crippen molar-refractivity contribution < 1.29 is 14.4 Å². The number of aromatic nitrogens is 2. The molecule has 6 heteroatoms. The molecule has 2 aromatic rings. The number of rotatable bonds is 8. The van der Waals surface area contributed by atoms with Crippen LogP contribution >= 0.6 is 0 Å². The number of hydrogen-bond acceptors (Lipinski definition) is 6. The van der Waals surface area contributed by atoms with Crippen LogP contribution in [0.1, 0.15) is 58.4 Å². The van der Waals surface area contributed by atoms with E-state index in [1.54, 1.807) is 0 Å². The van der Waals surface area contributed by atoms with Crippen LogP contribution in [-0.4, -0.2) is 40.1 Å². The summed E-state index contributed by atoms with van der Waals surface area (Å²) in [5, 5.41) is 17.5. The van der Waals surface area contributed by atoms with Gasteiger partial charge in [0.25, 0.3) is 0 Å². The predicted octanol–water partition coefficient (Wildman–Crippen LogP) is 3.52. The maximum absolute atomic E-state index is 10.0. The Balaban J connectivity index is 1.66. The van der Waals surface area contributed by atoms with Gasteiger partial charge in [0, 0.05) is 17.6 Å². The number of hydrogen-bond donors (Lipinski definition) is 2. The van der Waals surface area contributed by atoms with E-state index in [-0.39, 0.29) is 18.1 Å². The average Bonchev–Trinajstić information content (AvgIpc) is 3.13. The highest BCUT2D eigenvalue weighted by Gasteiger charge is 2.60. The van der Waals surface area contributed by atoms with Gasteiger partial charge in [-0.2, -0.15) is 4.98 Å². The Morgan fingerprint density at radius 3 is 2.56 bits per heavy atom. The zero-order valence-corrected chi connectivity index (χ0v) is 17.0. The molecule has 0 amide bonds. The summed E-state index contributed by atoms with van der Waals surface area (Å²) in [5.41, 5.74) is 1.64. The van der Waals surface area contributed by atoms with Gasteiger partial charge in [0.15, 0.2) is 0 Å². The van der Waals surface area contributed by atoms with E-state index in [1.165, 1.54) is 5.56 Å². The van der Waals surface area contributed by atoms with Crippen LogP contribution in [0.4, 0.5) is 0 Å². The molecular formula is C21H31N3O3. The van der Waals surface area contributed by atoms with Crippen LogP contribution in [0.15, 0.2) is 28.8 Å². The first-order valence-corrected chi connectivity index (χ1v) is 9.73. The normalized spacial score (nSPS) is 24.2. The van der Waals surface area contributed by atoms with Crippen LogP contribution in [0.5, 0.6) is 0 Å². The van der Waals surface area contributed by atoms with Gasteiger partial charge in [-0.15, -0.1) is 0 Å². The predicted molar refractivity (Wildman–Crippen MR) is 104 cm³/mol. The van der Waals surface area contributed by atoms with E-state index in [0.29, 0.717) is 30.8 Å². The highest BCUT2D eigenvalue weighted by atomic mass is 16.5. The van der Waals surface area contributed by atoms with E-state index >= 15 is 0 Å². The molecule has 1 aliphatic carbocycles. The number of nitrogens with zero attached hydrogens (tertiary/aromatic N) is 2. The number of ether oxygens (including phenoxy) is 1. The zero-order valence-electron chi connectivity index (χ0n) is 17.0. The molecule has 2 atom stereocenters. The standard InChI is InChI=1S/C21H31N3O3/c1-6-26-17-11-21(13-25,20(17,4)5)22-12-18-23-19(24-27-18)16-9-7-15(8-10-16)14(2)3/h7-10,14,17,22,25H,6,11-13H2,1-5H3. The van der Waals surface area contributed by atoms with Crippen molar-refractivity contribution in [3.8, 4) is 11.4 Å². The second-order valence-corrected chi connectivity index (χ2v) is 8.25. The minimum absolute atomic E-state index is 0.0429. The van der Waals surface area contributed by atoms with Gasteiger partial charge in [0.1, 0.15) is 0 Å². The van der Waals surface area contributed by atoms with Crippen LogP contribution < -0.4 is 5.32 Å². The molecule has 1 heterocycles. The summed E-state index contributed by atoms with van der Waals surface area (Å²) >= 11 is 0. The molecule has 6 nitrogen and oxygen atoms in total. The van der Waals surface area contributed by atoms with E-state index < -0.39 is 5.54 Å². The molecule has 3 rings (SSSR count). The molecule has 0 spiro atoms. The molecule has 0 saturated heterocycles. The average molecular weight is 373 g/mol. The lowest BCUT2D eigenvalue weighted by Crippen LogP contribution is -2.73. The van der Waals surface area contributed by atoms with Crippen molar-refractivity contribution in [1.29, 1.82) is 0 Å². The summed E-state index contributed by atoms with van der Waals surface area (Å²) in [4.78, 5) is 4.50. The monoisotopic (exact) mass is 373 g/mol. The highest BCUT2D eigenvalue weighted by molar-refractivity contribution is 5.54. The second-order valence-electron chi connectivity index (χ2n) is 8.25. The minimum atomic E-state index is -0.402. The van der Waals surface area contributed by atoms with Crippen molar-refractivity contribution >= 4 is 0 Å². The Bertz CT molecular complexity index is 754.